The number of nitrogens with two attached hydrogens (primary N) is 2. The molecular formula is C13H22N4O. The molecule has 5 N–H and O–H groups in total. The number of rotatable bonds is 7. The first-order valence-corrected chi connectivity index (χ1v) is 6.33. The monoisotopic (exact) mass is 250 g/mol. The van der Waals surface area contributed by atoms with Crippen molar-refractivity contribution in [1.82, 2.24) is 4.98 Å². The molecule has 0 spiro atoms. The summed E-state index contributed by atoms with van der Waals surface area (Å²) in [6.07, 6.45) is 3.62. The fourth-order valence-corrected chi connectivity index (χ4v) is 1.93. The second-order valence-corrected chi connectivity index (χ2v) is 4.42. The smallest absolute Gasteiger partial charge is 0.250 e. The predicted molar refractivity (Wildman–Crippen MR) is 73.3 cm³/mol. The first kappa shape index (κ1) is 14.4. The largest absolute Gasteiger partial charge is 0.369 e. The molecule has 5 heteroatoms. The SMILES string of the molecule is CCC(CC)C(N)CNc1ccc(C(N)=O)cn1. The third kappa shape index (κ3) is 4.00. The van der Waals surface area contributed by atoms with Crippen molar-refractivity contribution in [2.45, 2.75) is 32.7 Å². The van der Waals surface area contributed by atoms with Gasteiger partial charge in [-0.3, -0.25) is 4.79 Å². The molecule has 0 radical (unpaired) electrons. The molecule has 18 heavy (non-hydrogen) atoms. The summed E-state index contributed by atoms with van der Waals surface area (Å²) in [5, 5.41) is 3.17. The Morgan fingerprint density at radius 2 is 2.06 bits per heavy atom. The van der Waals surface area contributed by atoms with E-state index in [1.165, 1.54) is 6.20 Å². The Kier molecular flexibility index (Phi) is 5.58. The standard InChI is InChI=1S/C13H22N4O/c1-3-9(4-2)11(14)8-17-12-6-5-10(7-16-12)13(15)18/h5-7,9,11H,3-4,8,14H2,1-2H3,(H2,15,18)(H,16,17). The fraction of sp³-hybridized carbons (Fsp3) is 0.538. The molecule has 5 nitrogen and oxygen atoms in total. The van der Waals surface area contributed by atoms with Crippen LogP contribution >= 0.6 is 0 Å². The number of primary amides is 1. The van der Waals surface area contributed by atoms with Crippen molar-refractivity contribution in [3.05, 3.63) is 23.9 Å². The van der Waals surface area contributed by atoms with E-state index >= 15 is 0 Å². The Bertz CT molecular complexity index is 373. The highest BCUT2D eigenvalue weighted by Crippen LogP contribution is 2.12. The van der Waals surface area contributed by atoms with E-state index < -0.39 is 5.91 Å². The molecular weight excluding hydrogens is 228 g/mol. The van der Waals surface area contributed by atoms with Gasteiger partial charge in [0.1, 0.15) is 5.82 Å². The number of hydrogen-bond donors (Lipinski definition) is 3. The van der Waals surface area contributed by atoms with Gasteiger partial charge in [-0.25, -0.2) is 4.98 Å². The zero-order valence-corrected chi connectivity index (χ0v) is 11.0. The van der Waals surface area contributed by atoms with Crippen LogP contribution in [0.2, 0.25) is 0 Å². The summed E-state index contributed by atoms with van der Waals surface area (Å²) in [4.78, 5) is 15.0. The Balaban J connectivity index is 2.50. The highest BCUT2D eigenvalue weighted by atomic mass is 16.1. The Labute approximate surface area is 108 Å². The first-order chi connectivity index (χ1) is 8.58. The third-order valence-electron chi connectivity index (χ3n) is 3.22. The van der Waals surface area contributed by atoms with Crippen molar-refractivity contribution in [3.8, 4) is 0 Å². The molecule has 0 aliphatic heterocycles. The topological polar surface area (TPSA) is 94.0 Å². The van der Waals surface area contributed by atoms with Crippen LogP contribution in [-0.2, 0) is 0 Å². The Morgan fingerprint density at radius 1 is 1.39 bits per heavy atom. The van der Waals surface area contributed by atoms with Crippen LogP contribution in [0.1, 0.15) is 37.0 Å². The van der Waals surface area contributed by atoms with Gasteiger partial charge in [0, 0.05) is 18.8 Å². The predicted octanol–water partition coefficient (Wildman–Crippen LogP) is 1.36. The fourth-order valence-electron chi connectivity index (χ4n) is 1.93. The van der Waals surface area contributed by atoms with Gasteiger partial charge in [-0.1, -0.05) is 26.7 Å². The number of nitrogens with zero attached hydrogens (tertiary/aromatic N) is 1. The van der Waals surface area contributed by atoms with Gasteiger partial charge in [0.15, 0.2) is 0 Å². The van der Waals surface area contributed by atoms with Crippen LogP contribution in [0.5, 0.6) is 0 Å². The van der Waals surface area contributed by atoms with Gasteiger partial charge in [-0.15, -0.1) is 0 Å². The van der Waals surface area contributed by atoms with E-state index in [0.29, 0.717) is 23.8 Å². The molecule has 1 aromatic heterocycles. The van der Waals surface area contributed by atoms with Crippen LogP contribution in [0.3, 0.4) is 0 Å². The van der Waals surface area contributed by atoms with E-state index in [1.807, 2.05) is 0 Å². The molecule has 0 aromatic carbocycles. The summed E-state index contributed by atoms with van der Waals surface area (Å²) in [6.45, 7) is 4.97. The first-order valence-electron chi connectivity index (χ1n) is 6.33. The van der Waals surface area contributed by atoms with Crippen LogP contribution in [0.4, 0.5) is 5.82 Å². The number of carbonyl (C=O) groups is 1. The molecule has 1 heterocycles. The average Bonchev–Trinajstić information content (AvgIpc) is 2.38. The summed E-state index contributed by atoms with van der Waals surface area (Å²) in [5.74, 6) is 0.756. The molecule has 100 valence electrons. The number of pyridine rings is 1. The van der Waals surface area contributed by atoms with Gasteiger partial charge >= 0.3 is 0 Å². The lowest BCUT2D eigenvalue weighted by Crippen LogP contribution is -2.36. The average molecular weight is 250 g/mol. The minimum absolute atomic E-state index is 0.109. The van der Waals surface area contributed by atoms with E-state index in [1.54, 1.807) is 12.1 Å². The van der Waals surface area contributed by atoms with E-state index in [9.17, 15) is 4.79 Å². The summed E-state index contributed by atoms with van der Waals surface area (Å²) < 4.78 is 0. The lowest BCUT2D eigenvalue weighted by molar-refractivity contribution is 0.1000. The molecule has 1 amide bonds. The summed E-state index contributed by atoms with van der Waals surface area (Å²) in [6, 6.07) is 3.50. The van der Waals surface area contributed by atoms with Crippen LogP contribution < -0.4 is 16.8 Å². The zero-order chi connectivity index (χ0) is 13.5. The Morgan fingerprint density at radius 3 is 2.50 bits per heavy atom. The molecule has 1 atom stereocenters. The molecule has 1 unspecified atom stereocenters. The minimum Gasteiger partial charge on any atom is -0.369 e. The van der Waals surface area contributed by atoms with E-state index in [0.717, 1.165) is 12.8 Å². The molecule has 0 aliphatic rings. The molecule has 0 fully saturated rings. The van der Waals surface area contributed by atoms with Gasteiger partial charge < -0.3 is 16.8 Å². The van der Waals surface area contributed by atoms with Gasteiger partial charge in [0.2, 0.25) is 5.91 Å². The van der Waals surface area contributed by atoms with Crippen molar-refractivity contribution in [1.29, 1.82) is 0 Å². The number of hydrogen-bond acceptors (Lipinski definition) is 4. The van der Waals surface area contributed by atoms with Gasteiger partial charge in [0.25, 0.3) is 0 Å². The van der Waals surface area contributed by atoms with E-state index in [-0.39, 0.29) is 6.04 Å². The van der Waals surface area contributed by atoms with Crippen LogP contribution in [-0.4, -0.2) is 23.5 Å². The second kappa shape index (κ2) is 6.96. The Hall–Kier alpha value is -1.62. The summed E-state index contributed by atoms with van der Waals surface area (Å²) in [5.41, 5.74) is 11.7. The van der Waals surface area contributed by atoms with E-state index in [2.05, 4.69) is 24.1 Å². The quantitative estimate of drug-likeness (QED) is 0.681. The van der Waals surface area contributed by atoms with Crippen molar-refractivity contribution in [3.63, 3.8) is 0 Å². The van der Waals surface area contributed by atoms with Crippen molar-refractivity contribution < 1.29 is 4.79 Å². The van der Waals surface area contributed by atoms with Crippen molar-refractivity contribution >= 4 is 11.7 Å². The maximum Gasteiger partial charge on any atom is 0.250 e. The van der Waals surface area contributed by atoms with Gasteiger partial charge in [-0.05, 0) is 18.1 Å². The lowest BCUT2D eigenvalue weighted by Gasteiger charge is -2.21. The highest BCUT2D eigenvalue weighted by molar-refractivity contribution is 5.92. The third-order valence-corrected chi connectivity index (χ3v) is 3.22. The molecule has 1 aromatic rings. The van der Waals surface area contributed by atoms with Crippen LogP contribution in [0, 0.1) is 5.92 Å². The lowest BCUT2D eigenvalue weighted by atomic mass is 9.95. The molecule has 0 saturated heterocycles. The maximum absolute atomic E-state index is 10.9. The maximum atomic E-state index is 10.9. The number of anilines is 1. The van der Waals surface area contributed by atoms with Gasteiger partial charge in [0.05, 0.1) is 5.56 Å². The van der Waals surface area contributed by atoms with Crippen LogP contribution in [0.25, 0.3) is 0 Å². The van der Waals surface area contributed by atoms with Crippen LogP contribution in [0.15, 0.2) is 18.3 Å². The molecule has 0 saturated carbocycles. The molecule has 0 aliphatic carbocycles. The summed E-state index contributed by atoms with van der Waals surface area (Å²) >= 11 is 0. The second-order valence-electron chi connectivity index (χ2n) is 4.42. The number of amides is 1. The number of carbonyl (C=O) groups excluding carboxylic acids is 1. The number of nitrogens with one attached hydrogen (secondary N) is 1. The zero-order valence-electron chi connectivity index (χ0n) is 11.0. The highest BCUT2D eigenvalue weighted by Gasteiger charge is 2.13. The minimum atomic E-state index is -0.470. The summed E-state index contributed by atoms with van der Waals surface area (Å²) in [7, 11) is 0. The van der Waals surface area contributed by atoms with Gasteiger partial charge in [-0.2, -0.15) is 0 Å². The van der Waals surface area contributed by atoms with Crippen molar-refractivity contribution in [2.75, 3.05) is 11.9 Å². The molecule has 0 bridgehead atoms. The van der Waals surface area contributed by atoms with E-state index in [4.69, 9.17) is 11.5 Å². The molecule has 1 rings (SSSR count). The normalized spacial score (nSPS) is 12.4. The number of aromatic nitrogens is 1. The van der Waals surface area contributed by atoms with Crippen molar-refractivity contribution in [2.24, 2.45) is 17.4 Å².